The maximum atomic E-state index is 11.6. The van der Waals surface area contributed by atoms with Gasteiger partial charge in [0.2, 0.25) is 0 Å². The van der Waals surface area contributed by atoms with Crippen molar-refractivity contribution >= 4 is 17.7 Å². The number of ether oxygens (including phenoxy) is 1. The number of rotatable bonds is 3. The Hall–Kier alpha value is -2.15. The Morgan fingerprint density at radius 1 is 1.40 bits per heavy atom. The van der Waals surface area contributed by atoms with Gasteiger partial charge in [-0.05, 0) is 23.9 Å². The van der Waals surface area contributed by atoms with Crippen LogP contribution in [0.15, 0.2) is 40.7 Å². The summed E-state index contributed by atoms with van der Waals surface area (Å²) >= 11 is 1.27. The monoisotopic (exact) mass is 288 g/mol. The van der Waals surface area contributed by atoms with E-state index < -0.39 is 0 Å². The molecule has 0 atom stereocenters. The summed E-state index contributed by atoms with van der Waals surface area (Å²) in [4.78, 5) is 16.2. The molecule has 7 heteroatoms. The lowest BCUT2D eigenvalue weighted by atomic mass is 10.3. The highest BCUT2D eigenvalue weighted by Crippen LogP contribution is 2.30. The second-order valence-corrected chi connectivity index (χ2v) is 5.21. The second kappa shape index (κ2) is 5.46. The van der Waals surface area contributed by atoms with Gasteiger partial charge in [0, 0.05) is 31.4 Å². The fraction of sp³-hybridized carbons (Fsp3) is 0.231. The first-order valence-electron chi connectivity index (χ1n) is 6.10. The zero-order valence-corrected chi connectivity index (χ0v) is 11.6. The number of hydrogen-bond donors (Lipinski definition) is 0. The molecule has 0 unspecified atom stereocenters. The zero-order valence-electron chi connectivity index (χ0n) is 10.8. The van der Waals surface area contributed by atoms with Gasteiger partial charge in [-0.3, -0.25) is 4.98 Å². The molecule has 0 radical (unpaired) electrons. The van der Waals surface area contributed by atoms with Gasteiger partial charge in [-0.2, -0.15) is 0 Å². The zero-order chi connectivity index (χ0) is 13.9. The van der Waals surface area contributed by atoms with Crippen molar-refractivity contribution in [3.05, 3.63) is 35.5 Å². The van der Waals surface area contributed by atoms with E-state index in [2.05, 4.69) is 15.2 Å². The maximum absolute atomic E-state index is 11.6. The van der Waals surface area contributed by atoms with Gasteiger partial charge in [0.05, 0.1) is 11.5 Å². The Morgan fingerprint density at radius 2 is 2.30 bits per heavy atom. The number of carbonyl (C=O) groups excluding carboxylic acids is 1. The van der Waals surface area contributed by atoms with Gasteiger partial charge in [0.15, 0.2) is 11.0 Å². The summed E-state index contributed by atoms with van der Waals surface area (Å²) in [5, 5.41) is 8.92. The van der Waals surface area contributed by atoms with E-state index in [1.54, 1.807) is 12.4 Å². The molecule has 0 saturated carbocycles. The lowest BCUT2D eigenvalue weighted by Gasteiger charge is -2.11. The molecule has 0 fully saturated rings. The van der Waals surface area contributed by atoms with E-state index >= 15 is 0 Å². The SMILES string of the molecule is Cn1c(SC2=CCCOC2=O)nnc1-c1cccnc1. The molecule has 2 aromatic heterocycles. The second-order valence-electron chi connectivity index (χ2n) is 4.20. The molecule has 6 nitrogen and oxygen atoms in total. The lowest BCUT2D eigenvalue weighted by Crippen LogP contribution is -2.12. The molecule has 1 aliphatic rings. The van der Waals surface area contributed by atoms with Crippen molar-refractivity contribution < 1.29 is 9.53 Å². The third-order valence-electron chi connectivity index (χ3n) is 2.84. The molecule has 0 amide bonds. The number of thioether (sulfide) groups is 1. The average molecular weight is 288 g/mol. The van der Waals surface area contributed by atoms with Gasteiger partial charge >= 0.3 is 5.97 Å². The molecular weight excluding hydrogens is 276 g/mol. The van der Waals surface area contributed by atoms with Crippen molar-refractivity contribution in [2.75, 3.05) is 6.61 Å². The van der Waals surface area contributed by atoms with Crippen LogP contribution in [0.5, 0.6) is 0 Å². The highest BCUT2D eigenvalue weighted by atomic mass is 32.2. The molecule has 0 spiro atoms. The normalized spacial score (nSPS) is 14.8. The summed E-state index contributed by atoms with van der Waals surface area (Å²) in [6.45, 7) is 0.447. The Bertz CT molecular complexity index is 666. The quantitative estimate of drug-likeness (QED) is 0.802. The number of esters is 1. The van der Waals surface area contributed by atoms with E-state index in [0.29, 0.717) is 22.5 Å². The molecule has 102 valence electrons. The van der Waals surface area contributed by atoms with Gasteiger partial charge in [-0.1, -0.05) is 6.08 Å². The molecule has 2 aromatic rings. The minimum Gasteiger partial charge on any atom is -0.461 e. The third-order valence-corrected chi connectivity index (χ3v) is 3.93. The van der Waals surface area contributed by atoms with E-state index in [9.17, 15) is 4.79 Å². The number of cyclic esters (lactones) is 1. The molecule has 0 aliphatic carbocycles. The first-order chi connectivity index (χ1) is 9.75. The predicted octanol–water partition coefficient (Wildman–Crippen LogP) is 1.80. The first kappa shape index (κ1) is 12.9. The summed E-state index contributed by atoms with van der Waals surface area (Å²) in [6, 6.07) is 3.76. The van der Waals surface area contributed by atoms with Crippen molar-refractivity contribution in [3.63, 3.8) is 0 Å². The topological polar surface area (TPSA) is 69.9 Å². The van der Waals surface area contributed by atoms with Crippen molar-refractivity contribution in [1.29, 1.82) is 0 Å². The molecule has 0 aromatic carbocycles. The largest absolute Gasteiger partial charge is 0.461 e. The molecule has 0 N–H and O–H groups in total. The molecular formula is C13H12N4O2S. The Labute approximate surface area is 119 Å². The smallest absolute Gasteiger partial charge is 0.344 e. The minimum absolute atomic E-state index is 0.299. The first-order valence-corrected chi connectivity index (χ1v) is 6.92. The molecule has 3 rings (SSSR count). The van der Waals surface area contributed by atoms with Crippen LogP contribution in [0.1, 0.15) is 6.42 Å². The summed E-state index contributed by atoms with van der Waals surface area (Å²) in [5.41, 5.74) is 0.884. The van der Waals surface area contributed by atoms with Crippen LogP contribution in [0.25, 0.3) is 11.4 Å². The molecule has 0 bridgehead atoms. The van der Waals surface area contributed by atoms with Crippen molar-refractivity contribution in [2.24, 2.45) is 7.05 Å². The van der Waals surface area contributed by atoms with E-state index in [-0.39, 0.29) is 5.97 Å². The molecule has 0 saturated heterocycles. The summed E-state index contributed by atoms with van der Waals surface area (Å²) in [6.07, 6.45) is 6.04. The van der Waals surface area contributed by atoms with Crippen LogP contribution in [0.3, 0.4) is 0 Å². The number of carbonyl (C=O) groups is 1. The number of hydrogen-bond acceptors (Lipinski definition) is 6. The van der Waals surface area contributed by atoms with Crippen LogP contribution in [0.4, 0.5) is 0 Å². The summed E-state index contributed by atoms with van der Waals surface area (Å²) < 4.78 is 6.84. The molecule has 20 heavy (non-hydrogen) atoms. The van der Waals surface area contributed by atoms with Crippen molar-refractivity contribution in [2.45, 2.75) is 11.6 Å². The molecule has 1 aliphatic heterocycles. The van der Waals surface area contributed by atoms with Crippen molar-refractivity contribution in [1.82, 2.24) is 19.7 Å². The van der Waals surface area contributed by atoms with Crippen LogP contribution < -0.4 is 0 Å². The standard InChI is InChI=1S/C13H12N4O2S/c1-17-11(9-4-2-6-14-8-9)15-16-13(17)20-10-5-3-7-19-12(10)18/h2,4-6,8H,3,7H2,1H3. The van der Waals surface area contributed by atoms with Crippen LogP contribution >= 0.6 is 11.8 Å². The summed E-state index contributed by atoms with van der Waals surface area (Å²) in [5.74, 6) is 0.414. The van der Waals surface area contributed by atoms with Gasteiger partial charge in [0.1, 0.15) is 0 Å². The van der Waals surface area contributed by atoms with Gasteiger partial charge in [-0.25, -0.2) is 4.79 Å². The number of nitrogens with zero attached hydrogens (tertiary/aromatic N) is 4. The summed E-state index contributed by atoms with van der Waals surface area (Å²) in [7, 11) is 1.86. The Balaban J connectivity index is 1.88. The van der Waals surface area contributed by atoms with Crippen molar-refractivity contribution in [3.8, 4) is 11.4 Å². The lowest BCUT2D eigenvalue weighted by molar-refractivity contribution is -0.138. The predicted molar refractivity (Wildman–Crippen MR) is 73.8 cm³/mol. The van der Waals surface area contributed by atoms with E-state index in [1.165, 1.54) is 11.8 Å². The average Bonchev–Trinajstić information content (AvgIpc) is 2.84. The maximum Gasteiger partial charge on any atom is 0.344 e. The van der Waals surface area contributed by atoms with E-state index in [1.807, 2.05) is 29.8 Å². The van der Waals surface area contributed by atoms with E-state index in [0.717, 1.165) is 12.0 Å². The highest BCUT2D eigenvalue weighted by Gasteiger charge is 2.20. The van der Waals surface area contributed by atoms with Crippen LogP contribution in [-0.4, -0.2) is 32.3 Å². The molecule has 3 heterocycles. The van der Waals surface area contributed by atoms with Gasteiger partial charge in [0.25, 0.3) is 0 Å². The van der Waals surface area contributed by atoms with E-state index in [4.69, 9.17) is 4.74 Å². The Kier molecular flexibility index (Phi) is 3.51. The van der Waals surface area contributed by atoms with Crippen LogP contribution in [0.2, 0.25) is 0 Å². The fourth-order valence-corrected chi connectivity index (χ4v) is 2.67. The number of pyridine rings is 1. The highest BCUT2D eigenvalue weighted by molar-refractivity contribution is 8.03. The van der Waals surface area contributed by atoms with Gasteiger partial charge in [-0.15, -0.1) is 10.2 Å². The van der Waals surface area contributed by atoms with Crippen LogP contribution in [-0.2, 0) is 16.6 Å². The fourth-order valence-electron chi connectivity index (χ4n) is 1.83. The van der Waals surface area contributed by atoms with Crippen LogP contribution in [0, 0.1) is 0 Å². The third kappa shape index (κ3) is 2.44. The number of aromatic nitrogens is 4. The minimum atomic E-state index is -0.299. The Morgan fingerprint density at radius 3 is 3.05 bits per heavy atom. The van der Waals surface area contributed by atoms with Gasteiger partial charge < -0.3 is 9.30 Å².